The first-order chi connectivity index (χ1) is 4.43. The lowest BCUT2D eigenvalue weighted by Crippen LogP contribution is -2.38. The zero-order valence-electron chi connectivity index (χ0n) is 5.69. The molecule has 0 aromatic rings. The van der Waals surface area contributed by atoms with Gasteiger partial charge in [0, 0.05) is 6.54 Å². The lowest BCUT2D eigenvalue weighted by molar-refractivity contribution is 0.363. The Balaban J connectivity index is 2.08. The van der Waals surface area contributed by atoms with Gasteiger partial charge < -0.3 is 5.32 Å². The highest BCUT2D eigenvalue weighted by Gasteiger charge is 2.10. The number of piperidine rings is 1. The molecule has 3 nitrogen and oxygen atoms in total. The van der Waals surface area contributed by atoms with Gasteiger partial charge in [0.15, 0.2) is 0 Å². The zero-order valence-corrected chi connectivity index (χ0v) is 5.69. The molecule has 3 heteroatoms. The molecule has 1 rings (SSSR count). The van der Waals surface area contributed by atoms with Crippen molar-refractivity contribution in [2.24, 2.45) is 11.8 Å². The first-order valence-corrected chi connectivity index (χ1v) is 3.57. The van der Waals surface area contributed by atoms with Crippen LogP contribution in [0.25, 0.3) is 0 Å². The maximum absolute atomic E-state index is 5.18. The molecule has 0 spiro atoms. The Morgan fingerprint density at radius 3 is 3.11 bits per heavy atom. The molecule has 0 radical (unpaired) electrons. The molecular formula is C6H15N3. The van der Waals surface area contributed by atoms with Gasteiger partial charge in [-0.15, -0.1) is 0 Å². The van der Waals surface area contributed by atoms with Gasteiger partial charge in [0.25, 0.3) is 0 Å². The summed E-state index contributed by atoms with van der Waals surface area (Å²) >= 11 is 0. The lowest BCUT2D eigenvalue weighted by Gasteiger charge is -2.21. The molecule has 0 amide bonds. The van der Waals surface area contributed by atoms with Crippen LogP contribution in [0.2, 0.25) is 0 Å². The van der Waals surface area contributed by atoms with Crippen LogP contribution >= 0.6 is 0 Å². The molecule has 1 aliphatic heterocycles. The first kappa shape index (κ1) is 6.99. The van der Waals surface area contributed by atoms with E-state index in [-0.39, 0.29) is 0 Å². The van der Waals surface area contributed by atoms with Gasteiger partial charge >= 0.3 is 0 Å². The second kappa shape index (κ2) is 3.82. The highest BCUT2D eigenvalue weighted by atomic mass is 15.2. The molecule has 54 valence electrons. The molecule has 4 N–H and O–H groups in total. The summed E-state index contributed by atoms with van der Waals surface area (Å²) in [6.45, 7) is 3.26. The van der Waals surface area contributed by atoms with Crippen molar-refractivity contribution in [1.82, 2.24) is 10.7 Å². The molecule has 9 heavy (non-hydrogen) atoms. The molecule has 0 aromatic heterocycles. The van der Waals surface area contributed by atoms with Gasteiger partial charge in [-0.3, -0.25) is 11.3 Å². The number of nitrogens with two attached hydrogens (primary N) is 1. The van der Waals surface area contributed by atoms with Crippen molar-refractivity contribution >= 4 is 0 Å². The van der Waals surface area contributed by atoms with Crippen molar-refractivity contribution in [3.63, 3.8) is 0 Å². The van der Waals surface area contributed by atoms with Crippen LogP contribution in [-0.2, 0) is 0 Å². The van der Waals surface area contributed by atoms with Crippen molar-refractivity contribution in [3.05, 3.63) is 0 Å². The van der Waals surface area contributed by atoms with Crippen LogP contribution in [0.3, 0.4) is 0 Å². The maximum Gasteiger partial charge on any atom is 0.0138 e. The standard InChI is InChI=1S/C6H15N3/c7-9-5-6-2-1-3-8-4-6/h6,8-9H,1-5,7H2. The largest absolute Gasteiger partial charge is 0.316 e. The van der Waals surface area contributed by atoms with Crippen LogP contribution in [0.5, 0.6) is 0 Å². The number of rotatable bonds is 2. The number of nitrogens with one attached hydrogen (secondary N) is 2. The minimum atomic E-state index is 0.753. The molecule has 1 saturated heterocycles. The fourth-order valence-corrected chi connectivity index (χ4v) is 1.26. The fourth-order valence-electron chi connectivity index (χ4n) is 1.26. The highest BCUT2D eigenvalue weighted by molar-refractivity contribution is 4.69. The van der Waals surface area contributed by atoms with E-state index in [1.165, 1.54) is 19.4 Å². The summed E-state index contributed by atoms with van der Waals surface area (Å²) < 4.78 is 0. The highest BCUT2D eigenvalue weighted by Crippen LogP contribution is 2.07. The molecular weight excluding hydrogens is 114 g/mol. The van der Waals surface area contributed by atoms with E-state index in [0.29, 0.717) is 0 Å². The predicted octanol–water partition coefficient (Wildman–Crippen LogP) is -0.551. The summed E-state index contributed by atoms with van der Waals surface area (Å²) in [5.41, 5.74) is 2.70. The van der Waals surface area contributed by atoms with Crippen molar-refractivity contribution < 1.29 is 0 Å². The van der Waals surface area contributed by atoms with Gasteiger partial charge in [0.1, 0.15) is 0 Å². The monoisotopic (exact) mass is 129 g/mol. The second-order valence-electron chi connectivity index (χ2n) is 2.62. The molecule has 1 unspecified atom stereocenters. The van der Waals surface area contributed by atoms with E-state index in [2.05, 4.69) is 10.7 Å². The average Bonchev–Trinajstić information content (AvgIpc) is 1.91. The fraction of sp³-hybridized carbons (Fsp3) is 1.00. The zero-order chi connectivity index (χ0) is 6.53. The molecule has 0 saturated carbocycles. The number of hydrogen-bond acceptors (Lipinski definition) is 3. The Kier molecular flexibility index (Phi) is 2.97. The Hall–Kier alpha value is -0.120. The van der Waals surface area contributed by atoms with E-state index in [1.54, 1.807) is 0 Å². The van der Waals surface area contributed by atoms with E-state index in [1.807, 2.05) is 0 Å². The minimum Gasteiger partial charge on any atom is -0.316 e. The molecule has 1 aliphatic rings. The van der Waals surface area contributed by atoms with E-state index < -0.39 is 0 Å². The van der Waals surface area contributed by atoms with Gasteiger partial charge in [0.05, 0.1) is 0 Å². The molecule has 1 heterocycles. The third-order valence-electron chi connectivity index (χ3n) is 1.81. The molecule has 0 bridgehead atoms. The van der Waals surface area contributed by atoms with Crippen LogP contribution in [-0.4, -0.2) is 19.6 Å². The van der Waals surface area contributed by atoms with Crippen molar-refractivity contribution in [2.45, 2.75) is 12.8 Å². The normalized spacial score (nSPS) is 28.3. The quantitative estimate of drug-likeness (QED) is 0.346. The van der Waals surface area contributed by atoms with Gasteiger partial charge in [-0.25, -0.2) is 0 Å². The van der Waals surface area contributed by atoms with E-state index in [4.69, 9.17) is 5.84 Å². The predicted molar refractivity (Wildman–Crippen MR) is 37.8 cm³/mol. The second-order valence-corrected chi connectivity index (χ2v) is 2.62. The third-order valence-corrected chi connectivity index (χ3v) is 1.81. The summed E-state index contributed by atoms with van der Waals surface area (Å²) in [5, 5.41) is 3.32. The summed E-state index contributed by atoms with van der Waals surface area (Å²) in [5.74, 6) is 5.94. The first-order valence-electron chi connectivity index (χ1n) is 3.57. The summed E-state index contributed by atoms with van der Waals surface area (Å²) in [6, 6.07) is 0. The van der Waals surface area contributed by atoms with E-state index in [9.17, 15) is 0 Å². The van der Waals surface area contributed by atoms with Gasteiger partial charge in [-0.05, 0) is 31.8 Å². The maximum atomic E-state index is 5.18. The van der Waals surface area contributed by atoms with E-state index >= 15 is 0 Å². The summed E-state index contributed by atoms with van der Waals surface area (Å²) in [6.07, 6.45) is 2.61. The topological polar surface area (TPSA) is 50.1 Å². The van der Waals surface area contributed by atoms with Gasteiger partial charge in [-0.1, -0.05) is 0 Å². The van der Waals surface area contributed by atoms with Crippen molar-refractivity contribution in [1.29, 1.82) is 0 Å². The van der Waals surface area contributed by atoms with Gasteiger partial charge in [0.2, 0.25) is 0 Å². The minimum absolute atomic E-state index is 0.753. The lowest BCUT2D eigenvalue weighted by atomic mass is 10.0. The average molecular weight is 129 g/mol. The smallest absolute Gasteiger partial charge is 0.0138 e. The Morgan fingerprint density at radius 1 is 1.67 bits per heavy atom. The Bertz CT molecular complexity index is 65.9. The van der Waals surface area contributed by atoms with Crippen LogP contribution < -0.4 is 16.6 Å². The van der Waals surface area contributed by atoms with Crippen LogP contribution in [0.15, 0.2) is 0 Å². The Morgan fingerprint density at radius 2 is 2.56 bits per heavy atom. The van der Waals surface area contributed by atoms with Crippen molar-refractivity contribution in [2.75, 3.05) is 19.6 Å². The van der Waals surface area contributed by atoms with Crippen molar-refractivity contribution in [3.8, 4) is 0 Å². The van der Waals surface area contributed by atoms with Crippen LogP contribution in [0.4, 0.5) is 0 Å². The SMILES string of the molecule is NNCC1CCCNC1. The molecule has 1 atom stereocenters. The summed E-state index contributed by atoms with van der Waals surface area (Å²) in [4.78, 5) is 0. The van der Waals surface area contributed by atoms with Gasteiger partial charge in [-0.2, -0.15) is 0 Å². The van der Waals surface area contributed by atoms with Crippen LogP contribution in [0, 0.1) is 5.92 Å². The number of hydrazine groups is 1. The molecule has 1 fully saturated rings. The molecule has 0 aromatic carbocycles. The van der Waals surface area contributed by atoms with E-state index in [0.717, 1.165) is 19.0 Å². The third kappa shape index (κ3) is 2.30. The summed E-state index contributed by atoms with van der Waals surface area (Å²) in [7, 11) is 0. The van der Waals surface area contributed by atoms with Crippen LogP contribution in [0.1, 0.15) is 12.8 Å². The Labute approximate surface area is 56.0 Å². The molecule has 0 aliphatic carbocycles. The number of hydrogen-bond donors (Lipinski definition) is 3.